The first-order valence-electron chi connectivity index (χ1n) is 9.44. The fraction of sp³-hybridized carbons (Fsp3) is 0.333. The molecule has 0 radical (unpaired) electrons. The number of anilines is 1. The minimum Gasteiger partial charge on any atom is -0.451 e. The molecule has 0 bridgehead atoms. The number of H-pyrrole nitrogens is 1. The van der Waals surface area contributed by atoms with Crippen LogP contribution in [0.3, 0.4) is 0 Å². The molecular formula is C21H21N3O4S. The minimum atomic E-state index is -0.617. The molecule has 8 heteroatoms. The Kier molecular flexibility index (Phi) is 4.96. The van der Waals surface area contributed by atoms with Crippen LogP contribution in [0.15, 0.2) is 29.1 Å². The van der Waals surface area contributed by atoms with Crippen molar-refractivity contribution in [1.29, 1.82) is 0 Å². The van der Waals surface area contributed by atoms with Crippen molar-refractivity contribution in [2.45, 2.75) is 39.7 Å². The van der Waals surface area contributed by atoms with Crippen LogP contribution >= 0.6 is 11.3 Å². The number of benzene rings is 1. The highest BCUT2D eigenvalue weighted by atomic mass is 32.1. The number of fused-ring (bicyclic) bond motifs is 2. The fourth-order valence-corrected chi connectivity index (χ4v) is 4.90. The lowest BCUT2D eigenvalue weighted by molar-refractivity contribution is -0.122. The van der Waals surface area contributed by atoms with E-state index in [2.05, 4.69) is 9.97 Å². The van der Waals surface area contributed by atoms with Gasteiger partial charge in [0.15, 0.2) is 6.61 Å². The van der Waals surface area contributed by atoms with Crippen molar-refractivity contribution in [2.24, 2.45) is 0 Å². The first-order valence-corrected chi connectivity index (χ1v) is 10.3. The molecule has 1 aliphatic rings. The van der Waals surface area contributed by atoms with Crippen LogP contribution < -0.4 is 10.5 Å². The molecule has 1 aromatic carbocycles. The Bertz CT molecular complexity index is 1180. The maximum absolute atomic E-state index is 12.8. The molecule has 1 amide bonds. The van der Waals surface area contributed by atoms with E-state index in [1.807, 2.05) is 31.2 Å². The summed E-state index contributed by atoms with van der Waals surface area (Å²) in [6.07, 6.45) is 1.78. The summed E-state index contributed by atoms with van der Waals surface area (Å²) < 4.78 is 5.33. The monoisotopic (exact) mass is 411 g/mol. The van der Waals surface area contributed by atoms with Crippen LogP contribution in [0.1, 0.15) is 40.0 Å². The topological polar surface area (TPSA) is 92.4 Å². The first kappa shape index (κ1) is 19.3. The van der Waals surface area contributed by atoms with E-state index in [-0.39, 0.29) is 24.1 Å². The summed E-state index contributed by atoms with van der Waals surface area (Å²) in [5, 5.41) is 0.387. The molecule has 3 heterocycles. The molecule has 0 spiro atoms. The first-order chi connectivity index (χ1) is 13.9. The van der Waals surface area contributed by atoms with Gasteiger partial charge in [0, 0.05) is 11.7 Å². The van der Waals surface area contributed by atoms with Gasteiger partial charge in [-0.05, 0) is 50.8 Å². The molecule has 0 saturated heterocycles. The summed E-state index contributed by atoms with van der Waals surface area (Å²) in [5.74, 6) is -0.394. The summed E-state index contributed by atoms with van der Waals surface area (Å²) in [6, 6.07) is 7.82. The van der Waals surface area contributed by atoms with Gasteiger partial charge in [-0.3, -0.25) is 9.59 Å². The molecule has 0 fully saturated rings. The van der Waals surface area contributed by atoms with Crippen molar-refractivity contribution in [3.63, 3.8) is 0 Å². The number of aromatic nitrogens is 2. The molecule has 150 valence electrons. The molecular weight excluding hydrogens is 390 g/mol. The third-order valence-electron chi connectivity index (χ3n) is 5.22. The van der Waals surface area contributed by atoms with E-state index in [4.69, 9.17) is 4.74 Å². The number of ether oxygens (including phenoxy) is 1. The standard InChI is InChI=1S/C21H21N3O4S/c1-11-8-9-14-6-4-5-7-15(14)24(11)16(25)10-28-21(27)18-12(2)17-19(26)22-13(3)23-20(17)29-18/h4-7,11H,8-10H2,1-3H3,(H,22,23,26). The van der Waals surface area contributed by atoms with Gasteiger partial charge in [-0.25, -0.2) is 9.78 Å². The predicted octanol–water partition coefficient (Wildman–Crippen LogP) is 3.13. The second-order valence-electron chi connectivity index (χ2n) is 7.24. The van der Waals surface area contributed by atoms with E-state index in [1.165, 1.54) is 0 Å². The van der Waals surface area contributed by atoms with Gasteiger partial charge in [0.1, 0.15) is 15.5 Å². The number of thiophene rings is 1. The summed E-state index contributed by atoms with van der Waals surface area (Å²) >= 11 is 1.11. The van der Waals surface area contributed by atoms with Crippen molar-refractivity contribution in [3.05, 3.63) is 56.4 Å². The number of carbonyl (C=O) groups is 2. The number of amides is 1. The van der Waals surface area contributed by atoms with E-state index < -0.39 is 5.97 Å². The molecule has 2 aromatic heterocycles. The van der Waals surface area contributed by atoms with Gasteiger partial charge in [-0.2, -0.15) is 0 Å². The molecule has 1 N–H and O–H groups in total. The highest BCUT2D eigenvalue weighted by Gasteiger charge is 2.29. The Morgan fingerprint density at radius 1 is 1.31 bits per heavy atom. The van der Waals surface area contributed by atoms with Crippen molar-refractivity contribution in [3.8, 4) is 0 Å². The van der Waals surface area contributed by atoms with Gasteiger partial charge in [0.05, 0.1) is 5.39 Å². The van der Waals surface area contributed by atoms with E-state index >= 15 is 0 Å². The van der Waals surface area contributed by atoms with Gasteiger partial charge < -0.3 is 14.6 Å². The normalized spacial score (nSPS) is 16.0. The lowest BCUT2D eigenvalue weighted by atomic mass is 9.96. The van der Waals surface area contributed by atoms with Crippen LogP contribution in [-0.4, -0.2) is 34.5 Å². The third kappa shape index (κ3) is 3.44. The van der Waals surface area contributed by atoms with Crippen LogP contribution in [0.5, 0.6) is 0 Å². The molecule has 1 unspecified atom stereocenters. The van der Waals surface area contributed by atoms with Crippen LogP contribution in [0.25, 0.3) is 10.2 Å². The summed E-state index contributed by atoms with van der Waals surface area (Å²) in [6.45, 7) is 5.01. The average Bonchev–Trinajstić information content (AvgIpc) is 3.02. The Balaban J connectivity index is 1.54. The molecule has 3 aromatic rings. The number of hydrogen-bond acceptors (Lipinski definition) is 6. The van der Waals surface area contributed by atoms with Crippen LogP contribution in [0.2, 0.25) is 0 Å². The highest BCUT2D eigenvalue weighted by molar-refractivity contribution is 7.20. The fourth-order valence-electron chi connectivity index (χ4n) is 3.78. The molecule has 7 nitrogen and oxygen atoms in total. The van der Waals surface area contributed by atoms with Crippen molar-refractivity contribution < 1.29 is 14.3 Å². The third-order valence-corrected chi connectivity index (χ3v) is 6.39. The molecule has 4 rings (SSSR count). The lowest BCUT2D eigenvalue weighted by Crippen LogP contribution is -2.44. The largest absolute Gasteiger partial charge is 0.451 e. The molecule has 1 aliphatic heterocycles. The van der Waals surface area contributed by atoms with Gasteiger partial charge in [0.2, 0.25) is 0 Å². The zero-order chi connectivity index (χ0) is 20.7. The number of aromatic amines is 1. The maximum Gasteiger partial charge on any atom is 0.349 e. The van der Waals surface area contributed by atoms with Crippen LogP contribution in [0, 0.1) is 13.8 Å². The molecule has 29 heavy (non-hydrogen) atoms. The van der Waals surface area contributed by atoms with Gasteiger partial charge in [-0.1, -0.05) is 18.2 Å². The quantitative estimate of drug-likeness (QED) is 0.669. The summed E-state index contributed by atoms with van der Waals surface area (Å²) in [7, 11) is 0. The van der Waals surface area contributed by atoms with E-state index in [0.717, 1.165) is 35.4 Å². The van der Waals surface area contributed by atoms with E-state index in [1.54, 1.807) is 18.7 Å². The molecule has 0 aliphatic carbocycles. The Hall–Kier alpha value is -3.00. The van der Waals surface area contributed by atoms with E-state index in [0.29, 0.717) is 26.5 Å². The Morgan fingerprint density at radius 3 is 2.86 bits per heavy atom. The van der Waals surface area contributed by atoms with Gasteiger partial charge >= 0.3 is 5.97 Å². The number of carbonyl (C=O) groups excluding carboxylic acids is 2. The SMILES string of the molecule is Cc1nc2sc(C(=O)OCC(=O)N3c4ccccc4CCC3C)c(C)c2c(=O)[nH]1. The van der Waals surface area contributed by atoms with Crippen molar-refractivity contribution in [1.82, 2.24) is 9.97 Å². The van der Waals surface area contributed by atoms with Crippen molar-refractivity contribution >= 4 is 39.1 Å². The van der Waals surface area contributed by atoms with Crippen LogP contribution in [-0.2, 0) is 16.0 Å². The number of rotatable bonds is 3. The number of hydrogen-bond donors (Lipinski definition) is 1. The number of aryl methyl sites for hydroxylation is 3. The summed E-state index contributed by atoms with van der Waals surface area (Å²) in [5.41, 5.74) is 2.23. The zero-order valence-corrected chi connectivity index (χ0v) is 17.3. The zero-order valence-electron chi connectivity index (χ0n) is 16.4. The average molecular weight is 411 g/mol. The van der Waals surface area contributed by atoms with Gasteiger partial charge in [-0.15, -0.1) is 11.3 Å². The number of nitrogens with one attached hydrogen (secondary N) is 1. The number of nitrogens with zero attached hydrogens (tertiary/aromatic N) is 2. The van der Waals surface area contributed by atoms with Crippen molar-refractivity contribution in [2.75, 3.05) is 11.5 Å². The molecule has 1 atom stereocenters. The summed E-state index contributed by atoms with van der Waals surface area (Å²) in [4.78, 5) is 47.1. The second kappa shape index (κ2) is 7.44. The van der Waals surface area contributed by atoms with E-state index in [9.17, 15) is 14.4 Å². The Morgan fingerprint density at radius 2 is 2.07 bits per heavy atom. The lowest BCUT2D eigenvalue weighted by Gasteiger charge is -2.35. The highest BCUT2D eigenvalue weighted by Crippen LogP contribution is 2.31. The predicted molar refractivity (Wildman–Crippen MR) is 112 cm³/mol. The second-order valence-corrected chi connectivity index (χ2v) is 8.24. The van der Waals surface area contributed by atoms with Crippen LogP contribution in [0.4, 0.5) is 5.69 Å². The minimum absolute atomic E-state index is 0.0351. The molecule has 0 saturated carbocycles. The maximum atomic E-state index is 12.8. The Labute approximate surface area is 171 Å². The number of esters is 1. The number of para-hydroxylation sites is 1. The van der Waals surface area contributed by atoms with Gasteiger partial charge in [0.25, 0.3) is 11.5 Å². The smallest absolute Gasteiger partial charge is 0.349 e.